The van der Waals surface area contributed by atoms with E-state index in [-0.39, 0.29) is 5.56 Å². The lowest BCUT2D eigenvalue weighted by Gasteiger charge is -2.28. The Kier molecular flexibility index (Phi) is 2.62. The van der Waals surface area contributed by atoms with E-state index in [2.05, 4.69) is 11.4 Å². The standard InChI is InChI=1S/C14H13FN2O2/c1-8-3-2-4-17(7-8)12-6-11-9(5-10(12)15)13(18)14(19)16-11/h3,5-6H,2,4,7H2,1H3,(H,16,18,19). The summed E-state index contributed by atoms with van der Waals surface area (Å²) in [6.07, 6.45) is 3.00. The van der Waals surface area contributed by atoms with Crippen LogP contribution in [0, 0.1) is 5.82 Å². The summed E-state index contributed by atoms with van der Waals surface area (Å²) in [5.41, 5.74) is 2.14. The van der Waals surface area contributed by atoms with Crippen molar-refractivity contribution in [3.05, 3.63) is 35.2 Å². The van der Waals surface area contributed by atoms with Crippen molar-refractivity contribution in [1.29, 1.82) is 0 Å². The Bertz CT molecular complexity index is 622. The molecule has 0 bridgehead atoms. The van der Waals surface area contributed by atoms with Crippen molar-refractivity contribution in [2.24, 2.45) is 0 Å². The fourth-order valence-electron chi connectivity index (χ4n) is 2.51. The maximum absolute atomic E-state index is 14.1. The number of rotatable bonds is 1. The lowest BCUT2D eigenvalue weighted by Crippen LogP contribution is -2.29. The average Bonchev–Trinajstić information content (AvgIpc) is 2.65. The zero-order chi connectivity index (χ0) is 13.6. The van der Waals surface area contributed by atoms with Gasteiger partial charge in [-0.2, -0.15) is 0 Å². The van der Waals surface area contributed by atoms with Crippen LogP contribution in [0.2, 0.25) is 0 Å². The van der Waals surface area contributed by atoms with E-state index in [1.54, 1.807) is 6.07 Å². The minimum Gasteiger partial charge on any atom is -0.365 e. The topological polar surface area (TPSA) is 49.4 Å². The van der Waals surface area contributed by atoms with Crippen molar-refractivity contribution >= 4 is 23.1 Å². The summed E-state index contributed by atoms with van der Waals surface area (Å²) in [5.74, 6) is -1.82. The second-order valence-corrected chi connectivity index (χ2v) is 4.89. The molecule has 0 fully saturated rings. The smallest absolute Gasteiger partial charge is 0.296 e. The first-order valence-electron chi connectivity index (χ1n) is 6.16. The molecule has 0 aliphatic carbocycles. The van der Waals surface area contributed by atoms with E-state index in [0.29, 0.717) is 17.9 Å². The van der Waals surface area contributed by atoms with Crippen LogP contribution >= 0.6 is 0 Å². The Balaban J connectivity index is 2.01. The molecule has 0 radical (unpaired) electrons. The molecular weight excluding hydrogens is 247 g/mol. The number of carbonyl (C=O) groups is 2. The summed E-state index contributed by atoms with van der Waals surface area (Å²) in [6, 6.07) is 2.70. The summed E-state index contributed by atoms with van der Waals surface area (Å²) in [5, 5.41) is 2.47. The molecule has 0 unspecified atom stereocenters. The summed E-state index contributed by atoms with van der Waals surface area (Å²) in [7, 11) is 0. The number of hydrogen-bond donors (Lipinski definition) is 1. The van der Waals surface area contributed by atoms with Gasteiger partial charge < -0.3 is 10.2 Å². The third-order valence-corrected chi connectivity index (χ3v) is 3.46. The molecule has 19 heavy (non-hydrogen) atoms. The second-order valence-electron chi connectivity index (χ2n) is 4.89. The number of anilines is 2. The molecule has 0 saturated carbocycles. The predicted molar refractivity (Wildman–Crippen MR) is 69.9 cm³/mol. The zero-order valence-corrected chi connectivity index (χ0v) is 10.5. The number of nitrogens with one attached hydrogen (secondary N) is 1. The molecule has 1 N–H and O–H groups in total. The van der Waals surface area contributed by atoms with Crippen LogP contribution in [0.25, 0.3) is 0 Å². The van der Waals surface area contributed by atoms with Crippen LogP contribution in [-0.4, -0.2) is 24.8 Å². The summed E-state index contributed by atoms with van der Waals surface area (Å²) < 4.78 is 14.1. The van der Waals surface area contributed by atoms with E-state index in [1.807, 2.05) is 11.8 Å². The van der Waals surface area contributed by atoms with Crippen LogP contribution in [0.1, 0.15) is 23.7 Å². The average molecular weight is 260 g/mol. The summed E-state index contributed by atoms with van der Waals surface area (Å²) >= 11 is 0. The van der Waals surface area contributed by atoms with Gasteiger partial charge in [-0.25, -0.2) is 4.39 Å². The fourth-order valence-corrected chi connectivity index (χ4v) is 2.51. The van der Waals surface area contributed by atoms with Crippen molar-refractivity contribution in [1.82, 2.24) is 0 Å². The van der Waals surface area contributed by atoms with Gasteiger partial charge in [-0.05, 0) is 25.5 Å². The Morgan fingerprint density at radius 3 is 2.84 bits per heavy atom. The molecule has 98 valence electrons. The maximum Gasteiger partial charge on any atom is 0.296 e. The molecule has 2 heterocycles. The molecule has 1 amide bonds. The van der Waals surface area contributed by atoms with E-state index < -0.39 is 17.5 Å². The molecule has 0 atom stereocenters. The molecule has 4 nitrogen and oxygen atoms in total. The number of benzene rings is 1. The van der Waals surface area contributed by atoms with Crippen LogP contribution in [0.3, 0.4) is 0 Å². The summed E-state index contributed by atoms with van der Waals surface area (Å²) in [6.45, 7) is 3.40. The van der Waals surface area contributed by atoms with Gasteiger partial charge in [0.25, 0.3) is 11.7 Å². The largest absolute Gasteiger partial charge is 0.365 e. The van der Waals surface area contributed by atoms with Crippen molar-refractivity contribution in [2.75, 3.05) is 23.3 Å². The first kappa shape index (κ1) is 11.9. The molecule has 1 aromatic carbocycles. The number of carbonyl (C=O) groups excluding carboxylic acids is 2. The van der Waals surface area contributed by atoms with E-state index in [1.165, 1.54) is 5.57 Å². The first-order chi connectivity index (χ1) is 9.06. The lowest BCUT2D eigenvalue weighted by atomic mass is 10.1. The van der Waals surface area contributed by atoms with Gasteiger partial charge in [0.1, 0.15) is 5.82 Å². The Morgan fingerprint density at radius 1 is 1.32 bits per heavy atom. The number of halogens is 1. The summed E-state index contributed by atoms with van der Waals surface area (Å²) in [4.78, 5) is 24.7. The van der Waals surface area contributed by atoms with Gasteiger partial charge >= 0.3 is 0 Å². The van der Waals surface area contributed by atoms with Gasteiger partial charge in [0.05, 0.1) is 16.9 Å². The highest BCUT2D eigenvalue weighted by atomic mass is 19.1. The van der Waals surface area contributed by atoms with Crippen molar-refractivity contribution < 1.29 is 14.0 Å². The van der Waals surface area contributed by atoms with E-state index >= 15 is 0 Å². The van der Waals surface area contributed by atoms with Gasteiger partial charge in [-0.1, -0.05) is 11.6 Å². The second kappa shape index (κ2) is 4.19. The van der Waals surface area contributed by atoms with Crippen LogP contribution < -0.4 is 10.2 Å². The SMILES string of the molecule is CC1=CCCN(c2cc3c(cc2F)C(=O)C(=O)N3)C1. The number of ketones is 1. The Morgan fingerprint density at radius 2 is 2.11 bits per heavy atom. The lowest BCUT2D eigenvalue weighted by molar-refractivity contribution is -0.112. The van der Waals surface area contributed by atoms with Crippen LogP contribution in [0.4, 0.5) is 15.8 Å². The highest BCUT2D eigenvalue weighted by Gasteiger charge is 2.30. The molecule has 1 aromatic rings. The third-order valence-electron chi connectivity index (χ3n) is 3.46. The molecule has 3 rings (SSSR count). The third kappa shape index (κ3) is 1.91. The van der Waals surface area contributed by atoms with Crippen LogP contribution in [0.15, 0.2) is 23.8 Å². The quantitative estimate of drug-likeness (QED) is 0.621. The number of fused-ring (bicyclic) bond motifs is 1. The normalized spacial score (nSPS) is 18.2. The Hall–Kier alpha value is -2.17. The monoisotopic (exact) mass is 260 g/mol. The highest BCUT2D eigenvalue weighted by molar-refractivity contribution is 6.51. The van der Waals surface area contributed by atoms with Crippen LogP contribution in [-0.2, 0) is 4.79 Å². The molecule has 0 saturated heterocycles. The molecule has 0 aromatic heterocycles. The van der Waals surface area contributed by atoms with Crippen molar-refractivity contribution in [3.8, 4) is 0 Å². The molecule has 2 aliphatic heterocycles. The van der Waals surface area contributed by atoms with Gasteiger partial charge in [0.15, 0.2) is 0 Å². The van der Waals surface area contributed by atoms with Crippen LogP contribution in [0.5, 0.6) is 0 Å². The van der Waals surface area contributed by atoms with Gasteiger partial charge in [0, 0.05) is 13.1 Å². The maximum atomic E-state index is 14.1. The predicted octanol–water partition coefficient (Wildman–Crippen LogP) is 2.12. The minimum atomic E-state index is -0.693. The zero-order valence-electron chi connectivity index (χ0n) is 10.5. The number of Topliss-reactive ketones (excluding diaryl/α,β-unsaturated/α-hetero) is 1. The van der Waals surface area contributed by atoms with E-state index in [4.69, 9.17) is 0 Å². The highest BCUT2D eigenvalue weighted by Crippen LogP contribution is 2.32. The fraction of sp³-hybridized carbons (Fsp3) is 0.286. The van der Waals surface area contributed by atoms with Crippen molar-refractivity contribution in [3.63, 3.8) is 0 Å². The molecular formula is C14H13FN2O2. The first-order valence-corrected chi connectivity index (χ1v) is 6.16. The van der Waals surface area contributed by atoms with Gasteiger partial charge in [0.2, 0.25) is 0 Å². The van der Waals surface area contributed by atoms with E-state index in [9.17, 15) is 14.0 Å². The van der Waals surface area contributed by atoms with Gasteiger partial charge in [-0.15, -0.1) is 0 Å². The number of amides is 1. The number of nitrogens with zero attached hydrogens (tertiary/aromatic N) is 1. The molecule has 2 aliphatic rings. The Labute approximate surface area is 109 Å². The van der Waals surface area contributed by atoms with Gasteiger partial charge in [-0.3, -0.25) is 9.59 Å². The van der Waals surface area contributed by atoms with E-state index in [0.717, 1.165) is 19.0 Å². The number of hydrogen-bond acceptors (Lipinski definition) is 3. The van der Waals surface area contributed by atoms with Crippen molar-refractivity contribution in [2.45, 2.75) is 13.3 Å². The minimum absolute atomic E-state index is 0.121. The molecule has 5 heteroatoms. The molecule has 0 spiro atoms.